The van der Waals surface area contributed by atoms with Crippen LogP contribution in [0.3, 0.4) is 0 Å². The van der Waals surface area contributed by atoms with Crippen LogP contribution in [0.1, 0.15) is 12.1 Å². The van der Waals surface area contributed by atoms with Crippen LogP contribution in [0.2, 0.25) is 5.02 Å². The third-order valence-corrected chi connectivity index (χ3v) is 3.33. The fraction of sp³-hybridized carbons (Fsp3) is 0.267. The Morgan fingerprint density at radius 3 is 2.85 bits per heavy atom. The molecule has 106 valence electrons. The number of hydrogen-bond donors (Lipinski definition) is 1. The molecule has 1 aromatic heterocycles. The molecule has 1 N–H and O–H groups in total. The van der Waals surface area contributed by atoms with E-state index in [2.05, 4.69) is 5.32 Å². The topological polar surface area (TPSA) is 43.3 Å². The minimum Gasteiger partial charge on any atom is -0.495 e. The summed E-state index contributed by atoms with van der Waals surface area (Å²) in [7, 11) is 3.52. The quantitative estimate of drug-likeness (QED) is 0.919. The van der Waals surface area contributed by atoms with E-state index in [0.717, 1.165) is 5.69 Å². The number of nitrogens with zero attached hydrogens (tertiary/aromatic N) is 1. The van der Waals surface area contributed by atoms with E-state index < -0.39 is 0 Å². The predicted octanol–water partition coefficient (Wildman–Crippen LogP) is 3.26. The summed E-state index contributed by atoms with van der Waals surface area (Å²) in [6, 6.07) is 9.11. The lowest BCUT2D eigenvalue weighted by Crippen LogP contribution is -2.13. The number of methoxy groups -OCH3 is 1. The van der Waals surface area contributed by atoms with Crippen molar-refractivity contribution in [2.24, 2.45) is 7.05 Å². The Hall–Kier alpha value is -1.94. The van der Waals surface area contributed by atoms with Gasteiger partial charge in [-0.2, -0.15) is 0 Å². The first-order chi connectivity index (χ1) is 9.60. The van der Waals surface area contributed by atoms with Crippen LogP contribution < -0.4 is 10.1 Å². The lowest BCUT2D eigenvalue weighted by molar-refractivity contribution is -0.116. The first-order valence-corrected chi connectivity index (χ1v) is 6.71. The van der Waals surface area contributed by atoms with E-state index in [1.165, 1.54) is 0 Å². The van der Waals surface area contributed by atoms with Crippen molar-refractivity contribution >= 4 is 23.2 Å². The molecule has 0 aliphatic heterocycles. The van der Waals surface area contributed by atoms with Gasteiger partial charge in [-0.3, -0.25) is 4.79 Å². The van der Waals surface area contributed by atoms with Crippen LogP contribution in [0.15, 0.2) is 36.5 Å². The lowest BCUT2D eigenvalue weighted by Gasteiger charge is -2.10. The molecule has 5 heteroatoms. The molecule has 1 amide bonds. The second-order valence-electron chi connectivity index (χ2n) is 4.50. The zero-order chi connectivity index (χ0) is 14.5. The molecule has 0 spiro atoms. The third kappa shape index (κ3) is 3.54. The Morgan fingerprint density at radius 2 is 2.20 bits per heavy atom. The van der Waals surface area contributed by atoms with Gasteiger partial charge in [0, 0.05) is 30.4 Å². The van der Waals surface area contributed by atoms with E-state index in [-0.39, 0.29) is 5.91 Å². The summed E-state index contributed by atoms with van der Waals surface area (Å²) in [6.45, 7) is 0. The van der Waals surface area contributed by atoms with E-state index in [1.807, 2.05) is 29.9 Å². The van der Waals surface area contributed by atoms with Crippen LogP contribution in [0.4, 0.5) is 5.69 Å². The summed E-state index contributed by atoms with van der Waals surface area (Å²) in [5.74, 6) is 0.536. The zero-order valence-corrected chi connectivity index (χ0v) is 12.3. The monoisotopic (exact) mass is 292 g/mol. The molecule has 1 aromatic carbocycles. The second-order valence-corrected chi connectivity index (χ2v) is 4.94. The molecular formula is C15H17ClN2O2. The first-order valence-electron chi connectivity index (χ1n) is 6.33. The lowest BCUT2D eigenvalue weighted by atomic mass is 10.2. The van der Waals surface area contributed by atoms with Gasteiger partial charge < -0.3 is 14.6 Å². The minimum absolute atomic E-state index is 0.0632. The van der Waals surface area contributed by atoms with Crippen LogP contribution in [0, 0.1) is 0 Å². The highest BCUT2D eigenvalue weighted by atomic mass is 35.5. The summed E-state index contributed by atoms with van der Waals surface area (Å²) in [4.78, 5) is 12.0. The number of aromatic nitrogens is 1. The number of aryl methyl sites for hydroxylation is 2. The van der Waals surface area contributed by atoms with Gasteiger partial charge in [-0.1, -0.05) is 11.6 Å². The summed E-state index contributed by atoms with van der Waals surface area (Å²) in [5.41, 5.74) is 1.72. The molecule has 0 bridgehead atoms. The van der Waals surface area contributed by atoms with Crippen molar-refractivity contribution in [3.05, 3.63) is 47.2 Å². The predicted molar refractivity (Wildman–Crippen MR) is 80.4 cm³/mol. The van der Waals surface area contributed by atoms with Crippen molar-refractivity contribution in [2.45, 2.75) is 12.8 Å². The molecule has 1 heterocycles. The Labute approximate surface area is 123 Å². The van der Waals surface area contributed by atoms with Crippen LogP contribution in [-0.4, -0.2) is 17.6 Å². The van der Waals surface area contributed by atoms with Crippen molar-refractivity contribution in [1.82, 2.24) is 4.57 Å². The van der Waals surface area contributed by atoms with E-state index in [4.69, 9.17) is 16.3 Å². The van der Waals surface area contributed by atoms with Crippen molar-refractivity contribution < 1.29 is 9.53 Å². The molecule has 0 fully saturated rings. The number of nitrogens with one attached hydrogen (secondary N) is 1. The van der Waals surface area contributed by atoms with Crippen LogP contribution in [-0.2, 0) is 18.3 Å². The number of hydrogen-bond acceptors (Lipinski definition) is 2. The van der Waals surface area contributed by atoms with Crippen molar-refractivity contribution in [3.63, 3.8) is 0 Å². The molecule has 0 aliphatic carbocycles. The number of ether oxygens (including phenoxy) is 1. The Balaban J connectivity index is 1.98. The van der Waals surface area contributed by atoms with Gasteiger partial charge in [0.2, 0.25) is 5.91 Å². The Kier molecular flexibility index (Phi) is 4.69. The second kappa shape index (κ2) is 6.48. The molecule has 2 rings (SSSR count). The molecular weight excluding hydrogens is 276 g/mol. The number of amides is 1. The van der Waals surface area contributed by atoms with E-state index >= 15 is 0 Å². The molecule has 0 radical (unpaired) electrons. The molecule has 20 heavy (non-hydrogen) atoms. The first kappa shape index (κ1) is 14.5. The molecule has 0 saturated carbocycles. The smallest absolute Gasteiger partial charge is 0.224 e. The minimum atomic E-state index is -0.0632. The molecule has 0 atom stereocenters. The van der Waals surface area contributed by atoms with Crippen molar-refractivity contribution in [1.29, 1.82) is 0 Å². The highest BCUT2D eigenvalue weighted by Gasteiger charge is 2.09. The number of carbonyl (C=O) groups excluding carboxylic acids is 1. The number of anilines is 1. The van der Waals surface area contributed by atoms with Gasteiger partial charge in [-0.15, -0.1) is 0 Å². The standard InChI is InChI=1S/C15H17ClN2O2/c1-18-9-3-4-12(18)6-8-15(19)17-13-10-11(16)5-7-14(13)20-2/h3-5,7,9-10H,6,8H2,1-2H3,(H,17,19). The zero-order valence-electron chi connectivity index (χ0n) is 11.5. The van der Waals surface area contributed by atoms with E-state index in [9.17, 15) is 4.79 Å². The van der Waals surface area contributed by atoms with Gasteiger partial charge in [-0.25, -0.2) is 0 Å². The maximum Gasteiger partial charge on any atom is 0.224 e. The van der Waals surface area contributed by atoms with Crippen molar-refractivity contribution in [2.75, 3.05) is 12.4 Å². The largest absolute Gasteiger partial charge is 0.495 e. The average molecular weight is 293 g/mol. The number of rotatable bonds is 5. The van der Waals surface area contributed by atoms with Crippen LogP contribution >= 0.6 is 11.6 Å². The van der Waals surface area contributed by atoms with Crippen LogP contribution in [0.5, 0.6) is 5.75 Å². The number of halogens is 1. The summed E-state index contributed by atoms with van der Waals surface area (Å²) < 4.78 is 7.20. The van der Waals surface area contributed by atoms with E-state index in [1.54, 1.807) is 25.3 Å². The van der Waals surface area contributed by atoms with Gasteiger partial charge in [0.1, 0.15) is 5.75 Å². The third-order valence-electron chi connectivity index (χ3n) is 3.10. The Bertz CT molecular complexity index is 608. The highest BCUT2D eigenvalue weighted by molar-refractivity contribution is 6.31. The van der Waals surface area contributed by atoms with Gasteiger partial charge in [0.25, 0.3) is 0 Å². The molecule has 0 saturated heterocycles. The maximum atomic E-state index is 12.0. The Morgan fingerprint density at radius 1 is 1.40 bits per heavy atom. The van der Waals surface area contributed by atoms with Gasteiger partial charge in [-0.05, 0) is 36.8 Å². The normalized spacial score (nSPS) is 10.3. The number of benzene rings is 1. The fourth-order valence-electron chi connectivity index (χ4n) is 1.99. The molecule has 2 aromatic rings. The number of carbonyl (C=O) groups is 1. The molecule has 0 aliphatic rings. The summed E-state index contributed by atoms with van der Waals surface area (Å²) in [5, 5.41) is 3.39. The SMILES string of the molecule is COc1ccc(Cl)cc1NC(=O)CCc1cccn1C. The van der Waals surface area contributed by atoms with Gasteiger partial charge in [0.05, 0.1) is 12.8 Å². The summed E-state index contributed by atoms with van der Waals surface area (Å²) >= 11 is 5.93. The van der Waals surface area contributed by atoms with Gasteiger partial charge >= 0.3 is 0 Å². The maximum absolute atomic E-state index is 12.0. The molecule has 0 unspecified atom stereocenters. The van der Waals surface area contributed by atoms with Crippen LogP contribution in [0.25, 0.3) is 0 Å². The highest BCUT2D eigenvalue weighted by Crippen LogP contribution is 2.27. The van der Waals surface area contributed by atoms with Gasteiger partial charge in [0.15, 0.2) is 0 Å². The molecule has 4 nitrogen and oxygen atoms in total. The summed E-state index contributed by atoms with van der Waals surface area (Å²) in [6.07, 6.45) is 3.07. The van der Waals surface area contributed by atoms with E-state index in [0.29, 0.717) is 29.3 Å². The average Bonchev–Trinajstić information content (AvgIpc) is 2.82. The van der Waals surface area contributed by atoms with Crippen molar-refractivity contribution in [3.8, 4) is 5.75 Å². The fourth-order valence-corrected chi connectivity index (χ4v) is 2.16.